The smallest absolute Gasteiger partial charge is 0.348 e. The van der Waals surface area contributed by atoms with Crippen LogP contribution in [0.1, 0.15) is 0 Å². The third-order valence-electron chi connectivity index (χ3n) is 11.7. The fourth-order valence-electron chi connectivity index (χ4n) is 8.91. The lowest BCUT2D eigenvalue weighted by Crippen LogP contribution is -2.79. The first-order chi connectivity index (χ1) is 32.3. The third kappa shape index (κ3) is 8.85. The largest absolute Gasteiger partial charge is 0.530 e. The van der Waals surface area contributed by atoms with E-state index in [0.717, 1.165) is 5.75 Å². The maximum atomic E-state index is 8.32. The van der Waals surface area contributed by atoms with Crippen LogP contribution in [0.3, 0.4) is 0 Å². The van der Waals surface area contributed by atoms with Gasteiger partial charge in [0.1, 0.15) is 5.75 Å². The lowest BCUT2D eigenvalue weighted by molar-refractivity contribution is 0.578. The molecule has 0 heterocycles. The van der Waals surface area contributed by atoms with Crippen molar-refractivity contribution in [2.75, 3.05) is 0 Å². The van der Waals surface area contributed by atoms with Crippen molar-refractivity contribution in [1.82, 2.24) is 0 Å². The van der Waals surface area contributed by atoms with Gasteiger partial charge < -0.3 is 4.43 Å². The minimum atomic E-state index is -3.74. The lowest BCUT2D eigenvalue weighted by Gasteiger charge is -2.40. The topological polar surface area (TPSA) is 9.23 Å². The van der Waals surface area contributed by atoms with E-state index in [1.165, 1.54) is 63.3 Å². The highest BCUT2D eigenvalue weighted by Gasteiger charge is 2.50. The zero-order valence-electron chi connectivity index (χ0n) is 35.9. The van der Waals surface area contributed by atoms with E-state index < -0.39 is 32.1 Å². The second-order valence-corrected chi connectivity index (χ2v) is 25.4. The molecule has 0 spiro atoms. The summed E-state index contributed by atoms with van der Waals surface area (Å²) in [5.74, 6) is 0.856. The molecule has 0 aliphatic rings. The quantitative estimate of drug-likeness (QED) is 0.0602. The first kappa shape index (κ1) is 42.5. The zero-order chi connectivity index (χ0) is 43.7. The highest BCUT2D eigenvalue weighted by atomic mass is 31.1. The Bertz CT molecular complexity index is 2650. The molecule has 0 unspecified atom stereocenters. The molecule has 0 aliphatic heterocycles. The molecule has 0 saturated carbocycles. The molecule has 0 radical (unpaired) electrons. The van der Waals surface area contributed by atoms with E-state index in [9.17, 15) is 0 Å². The molecule has 0 aliphatic carbocycles. The molecule has 0 fully saturated rings. The van der Waals surface area contributed by atoms with Gasteiger partial charge in [0.05, 0.1) is 0 Å². The van der Waals surface area contributed by atoms with Gasteiger partial charge >= 0.3 is 8.32 Å². The van der Waals surface area contributed by atoms with E-state index in [1.54, 1.807) is 0 Å². The van der Waals surface area contributed by atoms with Gasteiger partial charge in [-0.2, -0.15) is 0 Å². The highest BCUT2D eigenvalue weighted by Crippen LogP contribution is 2.37. The minimum Gasteiger partial charge on any atom is -0.530 e. The maximum Gasteiger partial charge on any atom is 0.348 e. The van der Waals surface area contributed by atoms with Crippen LogP contribution in [0.2, 0.25) is 0 Å². The normalized spacial score (nSPS) is 11.5. The summed E-state index contributed by atoms with van der Waals surface area (Å²) in [4.78, 5) is 0. The van der Waals surface area contributed by atoms with Crippen LogP contribution in [0, 0.1) is 0 Å². The van der Waals surface area contributed by atoms with E-state index >= 15 is 0 Å². The molecular formula is C60H47OP3Si. The molecule has 10 rings (SSSR count). The van der Waals surface area contributed by atoms with Crippen molar-refractivity contribution in [2.45, 2.75) is 0 Å². The van der Waals surface area contributed by atoms with Crippen molar-refractivity contribution in [3.63, 3.8) is 0 Å². The van der Waals surface area contributed by atoms with Crippen LogP contribution in [-0.4, -0.2) is 8.32 Å². The number of hydrogen-bond acceptors (Lipinski definition) is 1. The summed E-state index contributed by atoms with van der Waals surface area (Å²) < 4.78 is 8.32. The monoisotopic (exact) mass is 904 g/mol. The van der Waals surface area contributed by atoms with Gasteiger partial charge in [0, 0.05) is 0 Å². The molecule has 0 saturated heterocycles. The summed E-state index contributed by atoms with van der Waals surface area (Å²) in [5.41, 5.74) is 0. The van der Waals surface area contributed by atoms with E-state index in [2.05, 4.69) is 285 Å². The van der Waals surface area contributed by atoms with Crippen molar-refractivity contribution < 1.29 is 4.43 Å². The molecule has 0 atom stereocenters. The molecule has 10 aromatic carbocycles. The Morgan fingerprint density at radius 1 is 0.215 bits per heavy atom. The van der Waals surface area contributed by atoms with Gasteiger partial charge in [-0.15, -0.1) is 0 Å². The lowest BCUT2D eigenvalue weighted by atomic mass is 10.3. The zero-order valence-corrected chi connectivity index (χ0v) is 39.6. The molecule has 65 heavy (non-hydrogen) atoms. The van der Waals surface area contributed by atoms with Crippen molar-refractivity contribution in [3.8, 4) is 5.75 Å². The Morgan fingerprint density at radius 3 is 0.662 bits per heavy atom. The molecule has 0 bridgehead atoms. The van der Waals surface area contributed by atoms with Crippen molar-refractivity contribution in [2.24, 2.45) is 0 Å². The van der Waals surface area contributed by atoms with Gasteiger partial charge in [0.2, 0.25) is 0 Å². The first-order valence-electron chi connectivity index (χ1n) is 22.0. The summed E-state index contributed by atoms with van der Waals surface area (Å²) >= 11 is 0. The number of para-hydroxylation sites is 1. The molecule has 312 valence electrons. The van der Waals surface area contributed by atoms with Gasteiger partial charge in [0.15, 0.2) is 0 Å². The maximum absolute atomic E-state index is 8.32. The first-order valence-corrected chi connectivity index (χ1v) is 28.0. The molecular weight excluding hydrogens is 858 g/mol. The predicted molar refractivity (Wildman–Crippen MR) is 287 cm³/mol. The third-order valence-corrected chi connectivity index (χ3v) is 23.9. The van der Waals surface area contributed by atoms with Gasteiger partial charge in [-0.1, -0.05) is 273 Å². The number of benzene rings is 10. The average molecular weight is 905 g/mol. The van der Waals surface area contributed by atoms with E-state index in [1.807, 2.05) is 0 Å². The van der Waals surface area contributed by atoms with Crippen LogP contribution < -0.4 is 67.7 Å². The fraction of sp³-hybridized carbons (Fsp3) is 0. The number of hydrogen-bond donors (Lipinski definition) is 0. The van der Waals surface area contributed by atoms with E-state index in [-0.39, 0.29) is 0 Å². The van der Waals surface area contributed by atoms with Crippen molar-refractivity contribution in [3.05, 3.63) is 285 Å². The molecule has 0 N–H and O–H groups in total. The van der Waals surface area contributed by atoms with Gasteiger partial charge in [-0.25, -0.2) is 0 Å². The van der Waals surface area contributed by atoms with Crippen molar-refractivity contribution >= 4 is 95.4 Å². The molecule has 0 aromatic heterocycles. The van der Waals surface area contributed by atoms with Gasteiger partial charge in [-0.05, 0) is 99.2 Å². The van der Waals surface area contributed by atoms with Crippen LogP contribution >= 0.6 is 23.8 Å². The summed E-state index contributed by atoms with van der Waals surface area (Å²) in [6, 6.07) is 105. The second kappa shape index (κ2) is 20.1. The average Bonchev–Trinajstić information content (AvgIpc) is 3.39. The fourth-order valence-corrected chi connectivity index (χ4v) is 22.4. The van der Waals surface area contributed by atoms with Crippen LogP contribution in [0.5, 0.6) is 5.75 Å². The molecule has 10 aromatic rings. The standard InChI is InChI=1S/C60H47OP3Si/c1-8-28-48(29-9-1)61-65(58-45-25-22-42-55(58)62(49-30-10-2-11-31-49)50-32-12-3-13-33-50,59-46-26-23-43-56(59)63(51-34-14-4-15-35-51)52-36-16-5-17-37-52)60-47-27-24-44-57(60)64(53-38-18-6-19-39-53)54-40-20-7-21-41-54/h1-47H. The molecule has 1 nitrogen and oxygen atoms in total. The molecule has 0 amide bonds. The highest BCUT2D eigenvalue weighted by molar-refractivity contribution is 7.82. The Hall–Kier alpha value is -6.49. The second-order valence-electron chi connectivity index (χ2n) is 15.7. The summed E-state index contributed by atoms with van der Waals surface area (Å²) in [6.45, 7) is 0. The number of rotatable bonds is 14. The van der Waals surface area contributed by atoms with Crippen LogP contribution in [0.25, 0.3) is 0 Å². The van der Waals surface area contributed by atoms with Crippen LogP contribution in [-0.2, 0) is 0 Å². The van der Waals surface area contributed by atoms with E-state index in [0.29, 0.717) is 0 Å². The summed E-state index contributed by atoms with van der Waals surface area (Å²) in [5, 5.41) is 15.5. The van der Waals surface area contributed by atoms with Gasteiger partial charge in [-0.3, -0.25) is 0 Å². The Balaban J connectivity index is 1.38. The molecule has 5 heteroatoms. The minimum absolute atomic E-state index is 0.856. The van der Waals surface area contributed by atoms with Crippen LogP contribution in [0.15, 0.2) is 285 Å². The summed E-state index contributed by atoms with van der Waals surface area (Å²) in [7, 11) is -6.87. The van der Waals surface area contributed by atoms with Crippen molar-refractivity contribution in [1.29, 1.82) is 0 Å². The Morgan fingerprint density at radius 2 is 0.415 bits per heavy atom. The SMILES string of the molecule is c1ccc(O[Si](c2ccccc2P(c2ccccc2)c2ccccc2)(c2ccccc2P(c2ccccc2)c2ccccc2)c2ccccc2P(c2ccccc2)c2ccccc2)cc1. The van der Waals surface area contributed by atoms with E-state index in [4.69, 9.17) is 4.43 Å². The Labute approximate surface area is 388 Å². The van der Waals surface area contributed by atoms with Gasteiger partial charge in [0.25, 0.3) is 0 Å². The summed E-state index contributed by atoms with van der Waals surface area (Å²) in [6.07, 6.45) is 0. The predicted octanol–water partition coefficient (Wildman–Crippen LogP) is 9.01. The Kier molecular flexibility index (Phi) is 13.1. The van der Waals surface area contributed by atoms with Crippen LogP contribution in [0.4, 0.5) is 0 Å².